The van der Waals surface area contributed by atoms with Crippen molar-refractivity contribution >= 4 is 22.7 Å². The van der Waals surface area contributed by atoms with Gasteiger partial charge in [-0.05, 0) is 18.2 Å². The quantitative estimate of drug-likeness (QED) is 0.317. The van der Waals surface area contributed by atoms with Crippen LogP contribution in [0.1, 0.15) is 12.0 Å². The Morgan fingerprint density at radius 3 is 2.94 bits per heavy atom. The zero-order chi connectivity index (χ0) is 13.1. The van der Waals surface area contributed by atoms with Gasteiger partial charge in [0.2, 0.25) is 0 Å². The van der Waals surface area contributed by atoms with E-state index in [1.54, 1.807) is 29.1 Å². The Balaban J connectivity index is 2.34. The molecule has 7 heteroatoms. The van der Waals surface area contributed by atoms with Gasteiger partial charge in [-0.2, -0.15) is 5.10 Å². The molecular formula is C11H12N4O3. The lowest BCUT2D eigenvalue weighted by atomic mass is 10.1. The van der Waals surface area contributed by atoms with Gasteiger partial charge in [0, 0.05) is 10.9 Å². The summed E-state index contributed by atoms with van der Waals surface area (Å²) in [6.45, 7) is 0.307. The molecule has 0 fully saturated rings. The first-order valence-corrected chi connectivity index (χ1v) is 5.27. The zero-order valence-electron chi connectivity index (χ0n) is 9.45. The number of aryl methyl sites for hydroxylation is 1. The van der Waals surface area contributed by atoms with Crippen LogP contribution in [-0.2, 0) is 11.3 Å². The van der Waals surface area contributed by atoms with Crippen LogP contribution in [0.15, 0.2) is 29.6 Å². The van der Waals surface area contributed by atoms with Gasteiger partial charge in [-0.3, -0.25) is 9.48 Å². The van der Waals surface area contributed by atoms with Crippen molar-refractivity contribution in [1.82, 2.24) is 9.78 Å². The molecule has 2 rings (SSSR count). The van der Waals surface area contributed by atoms with Crippen LogP contribution in [0.4, 0.5) is 0 Å². The first kappa shape index (κ1) is 11.9. The number of carbonyl (C=O) groups is 1. The third-order valence-corrected chi connectivity index (χ3v) is 2.58. The number of amidine groups is 1. The fourth-order valence-corrected chi connectivity index (χ4v) is 1.68. The highest BCUT2D eigenvalue weighted by Gasteiger charge is 2.07. The van der Waals surface area contributed by atoms with Crippen LogP contribution in [0.2, 0.25) is 0 Å². The number of nitrogens with two attached hydrogens (primary N) is 1. The summed E-state index contributed by atoms with van der Waals surface area (Å²) in [6.07, 6.45) is 1.63. The van der Waals surface area contributed by atoms with Crippen LogP contribution in [-0.4, -0.2) is 31.9 Å². The number of oxime groups is 1. The van der Waals surface area contributed by atoms with Crippen LogP contribution < -0.4 is 5.73 Å². The molecule has 2 aromatic rings. The Hall–Kier alpha value is -2.57. The first-order chi connectivity index (χ1) is 8.61. The van der Waals surface area contributed by atoms with Crippen LogP contribution >= 0.6 is 0 Å². The van der Waals surface area contributed by atoms with Crippen LogP contribution in [0.5, 0.6) is 0 Å². The molecule has 94 valence electrons. The topological polar surface area (TPSA) is 114 Å². The molecule has 0 spiro atoms. The van der Waals surface area contributed by atoms with E-state index < -0.39 is 5.97 Å². The molecule has 0 amide bonds. The molecule has 0 saturated heterocycles. The Morgan fingerprint density at radius 1 is 1.50 bits per heavy atom. The van der Waals surface area contributed by atoms with Crippen molar-refractivity contribution in [3.8, 4) is 0 Å². The largest absolute Gasteiger partial charge is 0.481 e. The van der Waals surface area contributed by atoms with E-state index in [4.69, 9.17) is 16.0 Å². The third-order valence-electron chi connectivity index (χ3n) is 2.58. The van der Waals surface area contributed by atoms with Crippen molar-refractivity contribution in [2.75, 3.05) is 0 Å². The Kier molecular flexibility index (Phi) is 3.13. The number of aromatic nitrogens is 2. The van der Waals surface area contributed by atoms with E-state index in [2.05, 4.69) is 10.3 Å². The monoisotopic (exact) mass is 248 g/mol. The SMILES string of the molecule is NC(=NO)c1ccc2c(cnn2CCC(=O)O)c1. The number of fused-ring (bicyclic) bond motifs is 1. The molecule has 0 aliphatic carbocycles. The van der Waals surface area contributed by atoms with Gasteiger partial charge in [-0.1, -0.05) is 5.16 Å². The molecular weight excluding hydrogens is 236 g/mol. The van der Waals surface area contributed by atoms with E-state index in [-0.39, 0.29) is 12.3 Å². The molecule has 7 nitrogen and oxygen atoms in total. The minimum absolute atomic E-state index is 0.0127. The van der Waals surface area contributed by atoms with Gasteiger partial charge < -0.3 is 16.0 Å². The second kappa shape index (κ2) is 4.74. The maximum atomic E-state index is 10.5. The fraction of sp³-hybridized carbons (Fsp3) is 0.182. The Morgan fingerprint density at radius 2 is 2.28 bits per heavy atom. The summed E-state index contributed by atoms with van der Waals surface area (Å²) < 4.78 is 1.61. The molecule has 0 unspecified atom stereocenters. The molecule has 18 heavy (non-hydrogen) atoms. The first-order valence-electron chi connectivity index (χ1n) is 5.27. The maximum absolute atomic E-state index is 10.5. The minimum Gasteiger partial charge on any atom is -0.481 e. The number of nitrogens with zero attached hydrogens (tertiary/aromatic N) is 3. The summed E-state index contributed by atoms with van der Waals surface area (Å²) in [6, 6.07) is 5.18. The van der Waals surface area contributed by atoms with Crippen molar-refractivity contribution in [3.63, 3.8) is 0 Å². The molecule has 0 saturated carbocycles. The number of carboxylic acids is 1. The highest BCUT2D eigenvalue weighted by molar-refractivity contribution is 6.00. The van der Waals surface area contributed by atoms with Crippen molar-refractivity contribution < 1.29 is 15.1 Å². The molecule has 0 radical (unpaired) electrons. The van der Waals surface area contributed by atoms with Gasteiger partial charge in [0.05, 0.1) is 24.7 Å². The predicted molar refractivity (Wildman–Crippen MR) is 64.5 cm³/mol. The van der Waals surface area contributed by atoms with E-state index in [1.165, 1.54) is 0 Å². The van der Waals surface area contributed by atoms with Crippen molar-refractivity contribution in [2.45, 2.75) is 13.0 Å². The van der Waals surface area contributed by atoms with Gasteiger partial charge >= 0.3 is 5.97 Å². The second-order valence-corrected chi connectivity index (χ2v) is 3.77. The summed E-state index contributed by atoms with van der Waals surface area (Å²) >= 11 is 0. The lowest BCUT2D eigenvalue weighted by molar-refractivity contribution is -0.137. The van der Waals surface area contributed by atoms with Gasteiger partial charge in [0.1, 0.15) is 0 Å². The summed E-state index contributed by atoms with van der Waals surface area (Å²) in [5, 5.41) is 25.1. The van der Waals surface area contributed by atoms with E-state index in [0.29, 0.717) is 12.1 Å². The van der Waals surface area contributed by atoms with E-state index in [1.807, 2.05) is 0 Å². The zero-order valence-corrected chi connectivity index (χ0v) is 9.45. The molecule has 0 aliphatic heterocycles. The summed E-state index contributed by atoms with van der Waals surface area (Å²) in [4.78, 5) is 10.5. The number of rotatable bonds is 4. The lowest BCUT2D eigenvalue weighted by Gasteiger charge is -2.02. The van der Waals surface area contributed by atoms with Crippen molar-refractivity contribution in [1.29, 1.82) is 0 Å². The average molecular weight is 248 g/mol. The number of carboxylic acid groups (broad SMARTS) is 1. The number of benzene rings is 1. The molecule has 4 N–H and O–H groups in total. The second-order valence-electron chi connectivity index (χ2n) is 3.77. The number of aliphatic carboxylic acids is 1. The normalized spacial score (nSPS) is 11.9. The molecule has 1 heterocycles. The summed E-state index contributed by atoms with van der Waals surface area (Å²) in [5.41, 5.74) is 6.88. The summed E-state index contributed by atoms with van der Waals surface area (Å²) in [5.74, 6) is -0.845. The predicted octanol–water partition coefficient (Wildman–Crippen LogP) is 0.605. The van der Waals surface area contributed by atoms with Crippen molar-refractivity contribution in [3.05, 3.63) is 30.0 Å². The number of hydrogen-bond donors (Lipinski definition) is 3. The highest BCUT2D eigenvalue weighted by Crippen LogP contribution is 2.16. The van der Waals surface area contributed by atoms with E-state index in [9.17, 15) is 4.79 Å². The molecule has 0 bridgehead atoms. The van der Waals surface area contributed by atoms with E-state index >= 15 is 0 Å². The standard InChI is InChI=1S/C11H12N4O3/c12-11(14-18)7-1-2-9-8(5-7)6-13-15(9)4-3-10(16)17/h1-2,5-6,18H,3-4H2,(H2,12,14)(H,16,17). The molecule has 1 aromatic heterocycles. The third kappa shape index (κ3) is 2.24. The Labute approximate surface area is 102 Å². The highest BCUT2D eigenvalue weighted by atomic mass is 16.4. The molecule has 0 atom stereocenters. The van der Waals surface area contributed by atoms with Crippen LogP contribution in [0.3, 0.4) is 0 Å². The minimum atomic E-state index is -0.869. The van der Waals surface area contributed by atoms with Gasteiger partial charge in [0.15, 0.2) is 5.84 Å². The summed E-state index contributed by atoms with van der Waals surface area (Å²) in [7, 11) is 0. The molecule has 0 aliphatic rings. The Bertz CT molecular complexity index is 618. The van der Waals surface area contributed by atoms with E-state index in [0.717, 1.165) is 10.9 Å². The van der Waals surface area contributed by atoms with Gasteiger partial charge in [0.25, 0.3) is 0 Å². The smallest absolute Gasteiger partial charge is 0.305 e. The van der Waals surface area contributed by atoms with Crippen LogP contribution in [0, 0.1) is 0 Å². The van der Waals surface area contributed by atoms with Gasteiger partial charge in [-0.15, -0.1) is 0 Å². The maximum Gasteiger partial charge on any atom is 0.305 e. The number of hydrogen-bond acceptors (Lipinski definition) is 4. The molecule has 1 aromatic carbocycles. The van der Waals surface area contributed by atoms with Gasteiger partial charge in [-0.25, -0.2) is 0 Å². The van der Waals surface area contributed by atoms with Crippen LogP contribution in [0.25, 0.3) is 10.9 Å². The fourth-order valence-electron chi connectivity index (χ4n) is 1.68. The average Bonchev–Trinajstić information content (AvgIpc) is 2.77. The van der Waals surface area contributed by atoms with Crippen molar-refractivity contribution in [2.24, 2.45) is 10.9 Å². The lowest BCUT2D eigenvalue weighted by Crippen LogP contribution is -2.12.